The van der Waals surface area contributed by atoms with Gasteiger partial charge in [-0.25, -0.2) is 9.79 Å². The van der Waals surface area contributed by atoms with E-state index in [9.17, 15) is 9.59 Å². The van der Waals surface area contributed by atoms with Crippen molar-refractivity contribution in [3.05, 3.63) is 40.7 Å². The van der Waals surface area contributed by atoms with Gasteiger partial charge in [0.15, 0.2) is 12.2 Å². The van der Waals surface area contributed by atoms with Crippen molar-refractivity contribution in [2.75, 3.05) is 25.1 Å². The summed E-state index contributed by atoms with van der Waals surface area (Å²) in [5.74, 6) is 0.418. The number of aliphatic hydroxyl groups is 1. The summed E-state index contributed by atoms with van der Waals surface area (Å²) in [5, 5.41) is 9.15. The van der Waals surface area contributed by atoms with Gasteiger partial charge in [-0.05, 0) is 51.3 Å². The van der Waals surface area contributed by atoms with Crippen molar-refractivity contribution in [3.63, 3.8) is 0 Å². The first-order chi connectivity index (χ1) is 13.8. The number of hydrogen-bond acceptors (Lipinski definition) is 6. The quantitative estimate of drug-likeness (QED) is 0.841. The molecule has 29 heavy (non-hydrogen) atoms. The molecule has 2 unspecified atom stereocenters. The van der Waals surface area contributed by atoms with Gasteiger partial charge < -0.3 is 10.0 Å². The number of anilines is 1. The summed E-state index contributed by atoms with van der Waals surface area (Å²) in [5.41, 5.74) is 5.33. The lowest BCUT2D eigenvalue weighted by atomic mass is 10.1. The molecule has 1 fully saturated rings. The van der Waals surface area contributed by atoms with Crippen LogP contribution in [-0.4, -0.2) is 70.1 Å². The van der Waals surface area contributed by atoms with Gasteiger partial charge in [-0.2, -0.15) is 0 Å². The standard InChI is InChI=1S/C21H27N5O3/c1-12-8-6-9-16(13(12)2)25-14(3)15(4)26-17-18(22-20(25)26)23(5)21(29)24(19(17)28)10-7-11-27/h6,8-9,17-18,27H,7,10-11H2,1-5H3. The highest BCUT2D eigenvalue weighted by Gasteiger charge is 2.55. The van der Waals surface area contributed by atoms with Crippen LogP contribution in [0.3, 0.4) is 0 Å². The van der Waals surface area contributed by atoms with Gasteiger partial charge in [0, 0.05) is 31.6 Å². The number of likely N-dealkylation sites (N-methyl/N-ethyl adjacent to an activating group) is 1. The average Bonchev–Trinajstić information content (AvgIpc) is 3.19. The number of urea groups is 1. The van der Waals surface area contributed by atoms with Crippen LogP contribution < -0.4 is 4.90 Å². The lowest BCUT2D eigenvalue weighted by Gasteiger charge is -2.40. The Morgan fingerprint density at radius 2 is 1.83 bits per heavy atom. The Hall–Kier alpha value is -2.87. The smallest absolute Gasteiger partial charge is 0.328 e. The van der Waals surface area contributed by atoms with E-state index < -0.39 is 12.2 Å². The Balaban J connectivity index is 1.77. The van der Waals surface area contributed by atoms with Crippen molar-refractivity contribution in [2.24, 2.45) is 4.99 Å². The highest BCUT2D eigenvalue weighted by Crippen LogP contribution is 2.41. The summed E-state index contributed by atoms with van der Waals surface area (Å²) in [6, 6.07) is 5.19. The minimum absolute atomic E-state index is 0.0706. The van der Waals surface area contributed by atoms with Gasteiger partial charge in [0.1, 0.15) is 0 Å². The molecule has 0 saturated carbocycles. The van der Waals surface area contributed by atoms with Crippen molar-refractivity contribution in [2.45, 2.75) is 46.3 Å². The first-order valence-electron chi connectivity index (χ1n) is 9.89. The fourth-order valence-electron chi connectivity index (χ4n) is 4.31. The third-order valence-electron chi connectivity index (χ3n) is 6.25. The molecule has 154 valence electrons. The van der Waals surface area contributed by atoms with E-state index in [-0.39, 0.29) is 25.1 Å². The van der Waals surface area contributed by atoms with Crippen LogP contribution in [0.5, 0.6) is 0 Å². The van der Waals surface area contributed by atoms with Gasteiger partial charge in [-0.15, -0.1) is 0 Å². The molecule has 0 aromatic heterocycles. The van der Waals surface area contributed by atoms with Crippen molar-refractivity contribution < 1.29 is 14.7 Å². The number of amides is 3. The Morgan fingerprint density at radius 3 is 2.52 bits per heavy atom. The van der Waals surface area contributed by atoms with Crippen LogP contribution in [0.25, 0.3) is 0 Å². The second-order valence-electron chi connectivity index (χ2n) is 7.84. The molecule has 8 heteroatoms. The van der Waals surface area contributed by atoms with Crippen LogP contribution in [0.4, 0.5) is 10.5 Å². The van der Waals surface area contributed by atoms with Crippen molar-refractivity contribution in [1.29, 1.82) is 0 Å². The molecule has 0 aliphatic carbocycles. The number of aliphatic hydroxyl groups excluding tert-OH is 1. The SMILES string of the molecule is CC1=C(C)N2C(=NC3C2C(=O)N(CCCO)C(=O)N3C)N1c1cccc(C)c1C. The molecule has 2 atom stereocenters. The van der Waals surface area contributed by atoms with Crippen LogP contribution in [0.15, 0.2) is 34.6 Å². The molecule has 3 aliphatic rings. The van der Waals surface area contributed by atoms with E-state index in [1.54, 1.807) is 7.05 Å². The first-order valence-corrected chi connectivity index (χ1v) is 9.89. The third-order valence-corrected chi connectivity index (χ3v) is 6.25. The number of aryl methyl sites for hydroxylation is 1. The molecule has 1 N–H and O–H groups in total. The molecule has 1 aromatic rings. The Kier molecular flexibility index (Phi) is 4.61. The van der Waals surface area contributed by atoms with Gasteiger partial charge in [0.25, 0.3) is 5.91 Å². The summed E-state index contributed by atoms with van der Waals surface area (Å²) < 4.78 is 0. The molecule has 1 saturated heterocycles. The molecular weight excluding hydrogens is 370 g/mol. The van der Waals surface area contributed by atoms with Crippen molar-refractivity contribution >= 4 is 23.6 Å². The lowest BCUT2D eigenvalue weighted by molar-refractivity contribution is -0.136. The molecule has 1 aromatic carbocycles. The molecule has 0 radical (unpaired) electrons. The van der Waals surface area contributed by atoms with E-state index in [1.807, 2.05) is 24.8 Å². The fourth-order valence-corrected chi connectivity index (χ4v) is 4.31. The summed E-state index contributed by atoms with van der Waals surface area (Å²) in [7, 11) is 1.68. The number of hydrogen-bond donors (Lipinski definition) is 1. The first kappa shape index (κ1) is 19.4. The number of nitrogens with zero attached hydrogens (tertiary/aromatic N) is 5. The lowest BCUT2D eigenvalue weighted by Crippen LogP contribution is -2.64. The number of allylic oxidation sites excluding steroid dienone is 2. The Bertz CT molecular complexity index is 954. The predicted octanol–water partition coefficient (Wildman–Crippen LogP) is 2.02. The Morgan fingerprint density at radius 1 is 1.10 bits per heavy atom. The highest BCUT2D eigenvalue weighted by molar-refractivity contribution is 6.10. The maximum absolute atomic E-state index is 13.3. The van der Waals surface area contributed by atoms with E-state index in [0.717, 1.165) is 22.6 Å². The maximum atomic E-state index is 13.3. The summed E-state index contributed by atoms with van der Waals surface area (Å²) in [4.78, 5) is 37.6. The average molecular weight is 397 g/mol. The van der Waals surface area contributed by atoms with E-state index in [1.165, 1.54) is 15.4 Å². The minimum atomic E-state index is -0.587. The second-order valence-corrected chi connectivity index (χ2v) is 7.84. The second kappa shape index (κ2) is 6.88. The number of guanidine groups is 1. The number of fused-ring (bicyclic) bond motifs is 3. The highest BCUT2D eigenvalue weighted by atomic mass is 16.3. The zero-order chi connectivity index (χ0) is 21.0. The monoisotopic (exact) mass is 397 g/mol. The number of carbonyl (C=O) groups excluding carboxylic acids is 2. The van der Waals surface area contributed by atoms with Crippen molar-refractivity contribution in [3.8, 4) is 0 Å². The van der Waals surface area contributed by atoms with Crippen molar-refractivity contribution in [1.82, 2.24) is 14.7 Å². The van der Waals surface area contributed by atoms with Gasteiger partial charge >= 0.3 is 6.03 Å². The number of imide groups is 1. The summed E-state index contributed by atoms with van der Waals surface area (Å²) >= 11 is 0. The maximum Gasteiger partial charge on any atom is 0.328 e. The zero-order valence-corrected chi connectivity index (χ0v) is 17.5. The molecule has 0 spiro atoms. The molecule has 8 nitrogen and oxygen atoms in total. The van der Waals surface area contributed by atoms with Gasteiger partial charge in [-0.3, -0.25) is 19.5 Å². The zero-order valence-electron chi connectivity index (χ0n) is 17.5. The number of rotatable bonds is 4. The van der Waals surface area contributed by atoms with E-state index in [0.29, 0.717) is 12.4 Å². The minimum Gasteiger partial charge on any atom is -0.396 e. The van der Waals surface area contributed by atoms with Crippen LogP contribution in [0.1, 0.15) is 31.4 Å². The predicted molar refractivity (Wildman–Crippen MR) is 110 cm³/mol. The third kappa shape index (κ3) is 2.66. The largest absolute Gasteiger partial charge is 0.396 e. The van der Waals surface area contributed by atoms with Crippen LogP contribution >= 0.6 is 0 Å². The van der Waals surface area contributed by atoms with E-state index in [4.69, 9.17) is 10.1 Å². The number of benzene rings is 1. The molecule has 3 aliphatic heterocycles. The summed E-state index contributed by atoms with van der Waals surface area (Å²) in [6.45, 7) is 8.30. The van der Waals surface area contributed by atoms with Crippen LogP contribution in [0, 0.1) is 13.8 Å². The number of aliphatic imine (C=N–C) groups is 1. The van der Waals surface area contributed by atoms with E-state index in [2.05, 4.69) is 30.9 Å². The molecule has 3 amide bonds. The van der Waals surface area contributed by atoms with Crippen LogP contribution in [0.2, 0.25) is 0 Å². The normalized spacial score (nSPS) is 23.9. The number of carbonyl (C=O) groups is 2. The van der Waals surface area contributed by atoms with Crippen LogP contribution in [-0.2, 0) is 4.79 Å². The fraction of sp³-hybridized carbons (Fsp3) is 0.476. The van der Waals surface area contributed by atoms with Gasteiger partial charge in [0.2, 0.25) is 5.96 Å². The Labute approximate surface area is 170 Å². The molecule has 0 bridgehead atoms. The molecule has 4 rings (SSSR count). The topological polar surface area (TPSA) is 79.7 Å². The summed E-state index contributed by atoms with van der Waals surface area (Å²) in [6.07, 6.45) is -0.204. The van der Waals surface area contributed by atoms with Gasteiger partial charge in [-0.1, -0.05) is 12.1 Å². The molecular formula is C21H27N5O3. The van der Waals surface area contributed by atoms with Gasteiger partial charge in [0.05, 0.1) is 5.69 Å². The van der Waals surface area contributed by atoms with E-state index >= 15 is 0 Å². The molecule has 3 heterocycles.